The second-order valence-corrected chi connectivity index (χ2v) is 9.11. The Morgan fingerprint density at radius 2 is 1.79 bits per heavy atom. The van der Waals surface area contributed by atoms with Crippen molar-refractivity contribution in [3.05, 3.63) is 95.3 Å². The maximum absolute atomic E-state index is 13.5. The van der Waals surface area contributed by atoms with Crippen LogP contribution >= 0.6 is 0 Å². The number of rotatable bonds is 5. The average molecular weight is 458 g/mol. The van der Waals surface area contributed by atoms with Gasteiger partial charge < -0.3 is 10.2 Å². The van der Waals surface area contributed by atoms with Gasteiger partial charge in [0.2, 0.25) is 5.91 Å². The van der Waals surface area contributed by atoms with Crippen molar-refractivity contribution in [3.63, 3.8) is 0 Å². The van der Waals surface area contributed by atoms with Crippen molar-refractivity contribution in [2.75, 3.05) is 29.9 Å². The van der Waals surface area contributed by atoms with Gasteiger partial charge >= 0.3 is 0 Å². The zero-order valence-electron chi connectivity index (χ0n) is 19.0. The lowest BCUT2D eigenvalue weighted by Gasteiger charge is -2.32. The van der Waals surface area contributed by atoms with Gasteiger partial charge in [0.05, 0.1) is 5.92 Å². The molecule has 0 aromatic heterocycles. The smallest absolute Gasteiger partial charge is 0.258 e. The number of carbonyl (C=O) groups excluding carboxylic acids is 2. The molecule has 1 saturated heterocycles. The molecule has 1 fully saturated rings. The predicted molar refractivity (Wildman–Crippen MR) is 131 cm³/mol. The molecule has 0 spiro atoms. The molecule has 3 aromatic carbocycles. The molecular weight excluding hydrogens is 429 g/mol. The molecule has 3 aromatic rings. The number of fused-ring (bicyclic) bond motifs is 1. The van der Waals surface area contributed by atoms with E-state index in [9.17, 15) is 14.0 Å². The van der Waals surface area contributed by atoms with Gasteiger partial charge in [0.15, 0.2) is 0 Å². The number of amides is 2. The normalized spacial score (nSPS) is 17.9. The van der Waals surface area contributed by atoms with Crippen molar-refractivity contribution in [3.8, 4) is 0 Å². The highest BCUT2D eigenvalue weighted by molar-refractivity contribution is 6.07. The van der Waals surface area contributed by atoms with Crippen LogP contribution in [0.2, 0.25) is 0 Å². The first kappa shape index (κ1) is 22.3. The lowest BCUT2D eigenvalue weighted by molar-refractivity contribution is -0.121. The highest BCUT2D eigenvalue weighted by Crippen LogP contribution is 2.29. The van der Waals surface area contributed by atoms with Gasteiger partial charge in [-0.25, -0.2) is 4.39 Å². The number of hydrogen-bond acceptors (Lipinski definition) is 3. The molecule has 1 N–H and O–H groups in total. The summed E-state index contributed by atoms with van der Waals surface area (Å²) in [5.41, 5.74) is 4.38. The minimum atomic E-state index is -0.236. The molecule has 2 aliphatic heterocycles. The third-order valence-corrected chi connectivity index (χ3v) is 6.70. The number of para-hydroxylation sites is 1. The Kier molecular flexibility index (Phi) is 6.41. The Morgan fingerprint density at radius 3 is 2.62 bits per heavy atom. The van der Waals surface area contributed by atoms with E-state index in [4.69, 9.17) is 0 Å². The molecular formula is C28H28FN3O2. The number of hydrogen-bond donors (Lipinski definition) is 1. The van der Waals surface area contributed by atoms with E-state index in [2.05, 4.69) is 16.3 Å². The van der Waals surface area contributed by atoms with Crippen molar-refractivity contribution in [1.82, 2.24) is 4.90 Å². The summed E-state index contributed by atoms with van der Waals surface area (Å²) in [6, 6.07) is 21.7. The van der Waals surface area contributed by atoms with Crippen LogP contribution < -0.4 is 10.2 Å². The van der Waals surface area contributed by atoms with Crippen LogP contribution in [0.15, 0.2) is 72.8 Å². The lowest BCUT2D eigenvalue weighted by Crippen LogP contribution is -2.40. The fourth-order valence-corrected chi connectivity index (χ4v) is 4.95. The fourth-order valence-electron chi connectivity index (χ4n) is 4.95. The SMILES string of the molecule is O=C(Nc1ccc(C(=O)N2CCc3ccccc32)cc1)C1CCCN(Cc2cccc(F)c2)C1. The van der Waals surface area contributed by atoms with Gasteiger partial charge in [-0.2, -0.15) is 0 Å². The largest absolute Gasteiger partial charge is 0.326 e. The van der Waals surface area contributed by atoms with Crippen molar-refractivity contribution in [2.45, 2.75) is 25.8 Å². The number of anilines is 2. The van der Waals surface area contributed by atoms with Crippen LogP contribution in [0.1, 0.15) is 34.3 Å². The predicted octanol–water partition coefficient (Wildman–Crippen LogP) is 4.88. The molecule has 174 valence electrons. The van der Waals surface area contributed by atoms with Crippen molar-refractivity contribution in [1.29, 1.82) is 0 Å². The van der Waals surface area contributed by atoms with E-state index in [1.165, 1.54) is 11.6 Å². The van der Waals surface area contributed by atoms with Gasteiger partial charge in [0.1, 0.15) is 5.82 Å². The molecule has 5 nitrogen and oxygen atoms in total. The van der Waals surface area contributed by atoms with Crippen molar-refractivity contribution >= 4 is 23.2 Å². The summed E-state index contributed by atoms with van der Waals surface area (Å²) in [4.78, 5) is 29.9. The molecule has 0 saturated carbocycles. The Labute approximate surface area is 199 Å². The van der Waals surface area contributed by atoms with Gasteiger partial charge in [-0.05, 0) is 79.4 Å². The molecule has 0 radical (unpaired) electrons. The van der Waals surface area contributed by atoms with Crippen LogP contribution in [0.4, 0.5) is 15.8 Å². The maximum atomic E-state index is 13.5. The van der Waals surface area contributed by atoms with Crippen molar-refractivity contribution in [2.24, 2.45) is 5.92 Å². The number of halogens is 1. The second kappa shape index (κ2) is 9.77. The summed E-state index contributed by atoms with van der Waals surface area (Å²) < 4.78 is 13.5. The van der Waals surface area contributed by atoms with E-state index in [0.717, 1.165) is 37.1 Å². The van der Waals surface area contributed by atoms with Crippen LogP contribution in [0.25, 0.3) is 0 Å². The quantitative estimate of drug-likeness (QED) is 0.594. The number of benzene rings is 3. The van der Waals surface area contributed by atoms with E-state index >= 15 is 0 Å². The number of nitrogens with zero attached hydrogens (tertiary/aromatic N) is 2. The second-order valence-electron chi connectivity index (χ2n) is 9.11. The summed E-state index contributed by atoms with van der Waals surface area (Å²) in [6.45, 7) is 2.87. The van der Waals surface area contributed by atoms with Gasteiger partial charge in [-0.15, -0.1) is 0 Å². The Balaban J connectivity index is 1.18. The molecule has 0 bridgehead atoms. The Hall–Kier alpha value is -3.51. The van der Waals surface area contributed by atoms with E-state index in [1.807, 2.05) is 29.2 Å². The molecule has 1 atom stereocenters. The van der Waals surface area contributed by atoms with Crippen molar-refractivity contribution < 1.29 is 14.0 Å². The van der Waals surface area contributed by atoms with Crippen LogP contribution in [-0.2, 0) is 17.8 Å². The first-order chi connectivity index (χ1) is 16.6. The summed E-state index contributed by atoms with van der Waals surface area (Å²) in [7, 11) is 0. The van der Waals surface area contributed by atoms with E-state index in [0.29, 0.717) is 30.9 Å². The third kappa shape index (κ3) is 4.87. The number of nitrogens with one attached hydrogen (secondary N) is 1. The van der Waals surface area contributed by atoms with Gasteiger partial charge in [-0.3, -0.25) is 14.5 Å². The summed E-state index contributed by atoms with van der Waals surface area (Å²) in [6.07, 6.45) is 2.63. The van der Waals surface area contributed by atoms with E-state index < -0.39 is 0 Å². The fraction of sp³-hybridized carbons (Fsp3) is 0.286. The monoisotopic (exact) mass is 457 g/mol. The van der Waals surface area contributed by atoms with Gasteiger partial charge in [0.25, 0.3) is 5.91 Å². The summed E-state index contributed by atoms with van der Waals surface area (Å²) >= 11 is 0. The van der Waals surface area contributed by atoms with E-state index in [1.54, 1.807) is 36.4 Å². The minimum absolute atomic E-state index is 0.0171. The summed E-state index contributed by atoms with van der Waals surface area (Å²) in [5, 5.41) is 3.01. The first-order valence-corrected chi connectivity index (χ1v) is 11.8. The topological polar surface area (TPSA) is 52.7 Å². The molecule has 5 rings (SSSR count). The average Bonchev–Trinajstić information content (AvgIpc) is 3.28. The van der Waals surface area contributed by atoms with Gasteiger partial charge in [-0.1, -0.05) is 30.3 Å². The molecule has 2 amide bonds. The zero-order chi connectivity index (χ0) is 23.5. The van der Waals surface area contributed by atoms with E-state index in [-0.39, 0.29) is 23.5 Å². The number of likely N-dealkylation sites (tertiary alicyclic amines) is 1. The molecule has 34 heavy (non-hydrogen) atoms. The lowest BCUT2D eigenvalue weighted by atomic mass is 9.96. The zero-order valence-corrected chi connectivity index (χ0v) is 19.0. The highest BCUT2D eigenvalue weighted by Gasteiger charge is 2.27. The molecule has 2 aliphatic rings. The molecule has 2 heterocycles. The molecule has 1 unspecified atom stereocenters. The van der Waals surface area contributed by atoms with Crippen LogP contribution in [-0.4, -0.2) is 36.3 Å². The third-order valence-electron chi connectivity index (χ3n) is 6.70. The minimum Gasteiger partial charge on any atom is -0.326 e. The first-order valence-electron chi connectivity index (χ1n) is 11.8. The maximum Gasteiger partial charge on any atom is 0.258 e. The standard InChI is InChI=1S/C28H28FN3O2/c29-24-8-3-5-20(17-24)18-31-15-4-7-23(19-31)27(33)30-25-12-10-22(11-13-25)28(34)32-16-14-21-6-1-2-9-26(21)32/h1-3,5-6,8-13,17,23H,4,7,14-16,18-19H2,(H,30,33). The van der Waals surface area contributed by atoms with Crippen LogP contribution in [0.3, 0.4) is 0 Å². The van der Waals surface area contributed by atoms with Crippen LogP contribution in [0, 0.1) is 11.7 Å². The molecule has 0 aliphatic carbocycles. The van der Waals surface area contributed by atoms with Crippen LogP contribution in [0.5, 0.6) is 0 Å². The van der Waals surface area contributed by atoms with Gasteiger partial charge in [0, 0.05) is 36.6 Å². The summed E-state index contributed by atoms with van der Waals surface area (Å²) in [5.74, 6) is -0.399. The number of carbonyl (C=O) groups is 2. The Morgan fingerprint density at radius 1 is 0.971 bits per heavy atom. The number of piperidine rings is 1. The highest BCUT2D eigenvalue weighted by atomic mass is 19.1. The Bertz CT molecular complexity index is 1190. The molecule has 6 heteroatoms.